The molecule has 0 amide bonds. The summed E-state index contributed by atoms with van der Waals surface area (Å²) in [5.74, 6) is 1.16. The fraction of sp³-hybridized carbons (Fsp3) is 0.182. The van der Waals surface area contributed by atoms with Crippen LogP contribution in [0.2, 0.25) is 0 Å². The molecule has 6 aromatic rings. The highest BCUT2D eigenvalue weighted by molar-refractivity contribution is 5.97. The number of rotatable bonds is 10. The summed E-state index contributed by atoms with van der Waals surface area (Å²) in [4.78, 5) is 22.3. The van der Waals surface area contributed by atoms with Crippen molar-refractivity contribution in [3.8, 4) is 40.3 Å². The molecule has 0 unspecified atom stereocenters. The van der Waals surface area contributed by atoms with Crippen molar-refractivity contribution in [3.05, 3.63) is 96.0 Å². The van der Waals surface area contributed by atoms with E-state index in [1.54, 1.807) is 57.8 Å². The lowest BCUT2D eigenvalue weighted by Gasteiger charge is -2.16. The molecule has 0 aliphatic carbocycles. The van der Waals surface area contributed by atoms with E-state index in [0.29, 0.717) is 64.0 Å². The van der Waals surface area contributed by atoms with E-state index in [2.05, 4.69) is 30.2 Å². The summed E-state index contributed by atoms with van der Waals surface area (Å²) < 4.78 is 34.4. The second kappa shape index (κ2) is 12.4. The Labute approximate surface area is 258 Å². The van der Waals surface area contributed by atoms with E-state index in [1.807, 2.05) is 35.8 Å². The maximum atomic E-state index is 15.8. The summed E-state index contributed by atoms with van der Waals surface area (Å²) >= 11 is 0. The average molecular weight is 607 g/mol. The minimum absolute atomic E-state index is 0.0182. The van der Waals surface area contributed by atoms with Gasteiger partial charge in [-0.15, -0.1) is 0 Å². The number of nitrogens with zero attached hydrogens (tertiary/aromatic N) is 6. The van der Waals surface area contributed by atoms with Crippen LogP contribution in [-0.2, 0) is 13.0 Å². The number of methoxy groups -OCH3 is 2. The van der Waals surface area contributed by atoms with Crippen LogP contribution in [0, 0.1) is 12.7 Å². The SMILES string of the molecule is CCc1c(-c2ncc(N)cc2OC)n(-c2ccc(Oc3nccc(C)n3)c(F)c2)c2c(NCc3ccc(OC)cc3)ncnc12. The molecule has 0 saturated carbocycles. The van der Waals surface area contributed by atoms with Crippen LogP contribution in [0.3, 0.4) is 0 Å². The summed E-state index contributed by atoms with van der Waals surface area (Å²) in [6.07, 6.45) is 5.23. The second-order valence-corrected chi connectivity index (χ2v) is 10.2. The zero-order valence-corrected chi connectivity index (χ0v) is 25.2. The number of halogens is 1. The Kier molecular flexibility index (Phi) is 8.10. The van der Waals surface area contributed by atoms with Crippen molar-refractivity contribution in [1.82, 2.24) is 29.5 Å². The van der Waals surface area contributed by atoms with Crippen LogP contribution >= 0.6 is 0 Å². The Morgan fingerprint density at radius 3 is 2.47 bits per heavy atom. The molecule has 45 heavy (non-hydrogen) atoms. The van der Waals surface area contributed by atoms with Crippen molar-refractivity contribution < 1.29 is 18.6 Å². The third-order valence-electron chi connectivity index (χ3n) is 7.28. The molecule has 6 rings (SSSR count). The smallest absolute Gasteiger partial charge is 0.322 e. The standard InChI is InChI=1S/C33H31FN8O3/c1-5-24-28-31(32(40-18-39-28)38-16-20-6-9-23(43-3)10-7-20)42(30(24)29-27(44-4)14-21(35)17-37-29)22-8-11-26(25(34)15-22)45-33-36-13-12-19(2)41-33/h6-15,17-18H,5,16,35H2,1-4H3,(H,38,39,40). The lowest BCUT2D eigenvalue weighted by molar-refractivity contribution is 0.410. The molecule has 228 valence electrons. The van der Waals surface area contributed by atoms with Gasteiger partial charge in [-0.1, -0.05) is 19.1 Å². The fourth-order valence-electron chi connectivity index (χ4n) is 5.15. The molecular formula is C33H31FN8O3. The van der Waals surface area contributed by atoms with Gasteiger partial charge >= 0.3 is 6.01 Å². The van der Waals surface area contributed by atoms with Crippen molar-refractivity contribution in [2.75, 3.05) is 25.3 Å². The van der Waals surface area contributed by atoms with Crippen molar-refractivity contribution in [3.63, 3.8) is 0 Å². The first-order chi connectivity index (χ1) is 21.9. The Hall–Kier alpha value is -5.78. The molecule has 0 aliphatic rings. The summed E-state index contributed by atoms with van der Waals surface area (Å²) in [6.45, 7) is 4.30. The minimum atomic E-state index is -0.606. The summed E-state index contributed by atoms with van der Waals surface area (Å²) in [7, 11) is 3.18. The highest BCUT2D eigenvalue weighted by Gasteiger charge is 2.26. The third kappa shape index (κ3) is 5.77. The van der Waals surface area contributed by atoms with E-state index in [4.69, 9.17) is 19.9 Å². The number of fused-ring (bicyclic) bond motifs is 1. The molecule has 0 spiro atoms. The second-order valence-electron chi connectivity index (χ2n) is 10.2. The summed E-state index contributed by atoms with van der Waals surface area (Å²) in [5, 5.41) is 3.45. The van der Waals surface area contributed by atoms with Gasteiger partial charge in [-0.2, -0.15) is 0 Å². The van der Waals surface area contributed by atoms with E-state index in [0.717, 1.165) is 16.9 Å². The van der Waals surface area contributed by atoms with Gasteiger partial charge < -0.3 is 29.8 Å². The van der Waals surface area contributed by atoms with Gasteiger partial charge in [-0.05, 0) is 49.2 Å². The molecular weight excluding hydrogens is 575 g/mol. The molecule has 4 heterocycles. The Morgan fingerprint density at radius 1 is 0.933 bits per heavy atom. The quantitative estimate of drug-likeness (QED) is 0.183. The van der Waals surface area contributed by atoms with Crippen LogP contribution in [-0.4, -0.2) is 43.7 Å². The van der Waals surface area contributed by atoms with Crippen LogP contribution in [0.4, 0.5) is 15.9 Å². The highest BCUT2D eigenvalue weighted by atomic mass is 19.1. The molecule has 0 fully saturated rings. The number of nitrogen functional groups attached to an aromatic ring is 1. The Bertz CT molecular complexity index is 2000. The lowest BCUT2D eigenvalue weighted by Crippen LogP contribution is -2.07. The molecule has 0 bridgehead atoms. The van der Waals surface area contributed by atoms with Gasteiger partial charge in [-0.3, -0.25) is 0 Å². The van der Waals surface area contributed by atoms with Crippen LogP contribution in [0.15, 0.2) is 73.3 Å². The molecule has 0 saturated heterocycles. The highest BCUT2D eigenvalue weighted by Crippen LogP contribution is 2.42. The first-order valence-electron chi connectivity index (χ1n) is 14.2. The molecule has 3 N–H and O–H groups in total. The number of hydrogen-bond acceptors (Lipinski definition) is 10. The zero-order valence-electron chi connectivity index (χ0n) is 25.2. The molecule has 12 heteroatoms. The van der Waals surface area contributed by atoms with Gasteiger partial charge in [0, 0.05) is 41.8 Å². The maximum absolute atomic E-state index is 15.8. The van der Waals surface area contributed by atoms with E-state index in [9.17, 15) is 0 Å². The van der Waals surface area contributed by atoms with Crippen LogP contribution < -0.4 is 25.3 Å². The summed E-state index contributed by atoms with van der Waals surface area (Å²) in [6, 6.07) is 15.9. The Balaban J connectivity index is 1.54. The van der Waals surface area contributed by atoms with Gasteiger partial charge in [0.15, 0.2) is 17.4 Å². The van der Waals surface area contributed by atoms with Crippen LogP contribution in [0.5, 0.6) is 23.3 Å². The fourth-order valence-corrected chi connectivity index (χ4v) is 5.15. The third-order valence-corrected chi connectivity index (χ3v) is 7.28. The van der Waals surface area contributed by atoms with E-state index >= 15 is 4.39 Å². The zero-order chi connectivity index (χ0) is 31.5. The number of aromatic nitrogens is 6. The van der Waals surface area contributed by atoms with E-state index < -0.39 is 5.82 Å². The van der Waals surface area contributed by atoms with Crippen LogP contribution in [0.1, 0.15) is 23.7 Å². The van der Waals surface area contributed by atoms with Crippen molar-refractivity contribution in [2.45, 2.75) is 26.8 Å². The van der Waals surface area contributed by atoms with Gasteiger partial charge in [0.2, 0.25) is 0 Å². The Morgan fingerprint density at radius 2 is 1.76 bits per heavy atom. The van der Waals surface area contributed by atoms with Gasteiger partial charge in [0.1, 0.15) is 29.0 Å². The summed E-state index contributed by atoms with van der Waals surface area (Å²) in [5.41, 5.74) is 12.1. The molecule has 2 aromatic carbocycles. The number of hydrogen-bond donors (Lipinski definition) is 2. The molecule has 0 radical (unpaired) electrons. The largest absolute Gasteiger partial charge is 0.497 e. The normalized spacial score (nSPS) is 11.0. The van der Waals surface area contributed by atoms with Gasteiger partial charge in [-0.25, -0.2) is 29.3 Å². The molecule has 11 nitrogen and oxygen atoms in total. The van der Waals surface area contributed by atoms with Crippen molar-refractivity contribution in [1.29, 1.82) is 0 Å². The molecule has 0 atom stereocenters. The monoisotopic (exact) mass is 606 g/mol. The maximum Gasteiger partial charge on any atom is 0.322 e. The predicted octanol–water partition coefficient (Wildman–Crippen LogP) is 6.29. The number of pyridine rings is 1. The van der Waals surface area contributed by atoms with Crippen molar-refractivity contribution >= 4 is 22.5 Å². The number of benzene rings is 2. The number of aryl methyl sites for hydroxylation is 2. The number of anilines is 2. The molecule has 4 aromatic heterocycles. The molecule has 0 aliphatic heterocycles. The minimum Gasteiger partial charge on any atom is -0.497 e. The van der Waals surface area contributed by atoms with Gasteiger partial charge in [0.05, 0.1) is 37.3 Å². The van der Waals surface area contributed by atoms with E-state index in [-0.39, 0.29) is 11.8 Å². The number of ether oxygens (including phenoxy) is 3. The predicted molar refractivity (Wildman–Crippen MR) is 170 cm³/mol. The topological polar surface area (TPSA) is 135 Å². The van der Waals surface area contributed by atoms with Gasteiger partial charge in [0.25, 0.3) is 0 Å². The first-order valence-corrected chi connectivity index (χ1v) is 14.2. The number of nitrogens with two attached hydrogens (primary N) is 1. The first kappa shape index (κ1) is 29.3. The van der Waals surface area contributed by atoms with E-state index in [1.165, 1.54) is 12.4 Å². The van der Waals surface area contributed by atoms with Crippen molar-refractivity contribution in [2.24, 2.45) is 0 Å². The average Bonchev–Trinajstić information content (AvgIpc) is 3.39. The number of nitrogens with one attached hydrogen (secondary N) is 1. The lowest BCUT2D eigenvalue weighted by atomic mass is 10.1. The van der Waals surface area contributed by atoms with Crippen LogP contribution in [0.25, 0.3) is 28.1 Å².